The standard InChI is InChI=1S/C57H36N2S/c1-3-16-42(17-4-1)57(43-18-5-2-6-19-43)50-24-11-9-21-45(50)46-32-30-41(35-51(46)57)53-36-52(58-56(59-53)48-23-13-15-38-14-7-8-20-44(38)48)39-28-26-37(27-29-39)40-31-33-55-49(34-40)47-22-10-12-25-54(47)60-55/h1-36H. The maximum Gasteiger partial charge on any atom is 0.161 e. The quantitative estimate of drug-likeness (QED) is 0.168. The highest BCUT2D eigenvalue weighted by Gasteiger charge is 2.46. The highest BCUT2D eigenvalue weighted by molar-refractivity contribution is 7.25. The molecule has 1 aliphatic carbocycles. The molecule has 0 saturated heterocycles. The van der Waals surface area contributed by atoms with Gasteiger partial charge in [-0.3, -0.25) is 0 Å². The SMILES string of the molecule is c1ccc(C2(c3ccccc3)c3ccccc3-c3ccc(-c4cc(-c5ccc(-c6ccc7sc8ccccc8c7c6)cc5)nc(-c5cccc6ccccc56)n4)cc32)cc1. The van der Waals surface area contributed by atoms with Gasteiger partial charge in [0.1, 0.15) is 0 Å². The lowest BCUT2D eigenvalue weighted by molar-refractivity contribution is 0.768. The van der Waals surface area contributed by atoms with E-state index in [-0.39, 0.29) is 0 Å². The number of benzene rings is 9. The molecular formula is C57H36N2S. The van der Waals surface area contributed by atoms with E-state index in [1.807, 2.05) is 11.3 Å². The van der Waals surface area contributed by atoms with Crippen molar-refractivity contribution in [2.24, 2.45) is 0 Å². The van der Waals surface area contributed by atoms with Gasteiger partial charge in [0.2, 0.25) is 0 Å². The Hall–Kier alpha value is -7.46. The number of fused-ring (bicyclic) bond motifs is 7. The molecule has 0 unspecified atom stereocenters. The van der Waals surface area contributed by atoms with Gasteiger partial charge in [-0.1, -0.05) is 188 Å². The minimum atomic E-state index is -0.507. The Kier molecular flexibility index (Phi) is 7.97. The van der Waals surface area contributed by atoms with Gasteiger partial charge in [-0.15, -0.1) is 11.3 Å². The first-order valence-electron chi connectivity index (χ1n) is 20.5. The van der Waals surface area contributed by atoms with Gasteiger partial charge in [0, 0.05) is 36.9 Å². The van der Waals surface area contributed by atoms with E-state index in [4.69, 9.17) is 9.97 Å². The Labute approximate surface area is 352 Å². The largest absolute Gasteiger partial charge is 0.228 e. The third-order valence-corrected chi connectivity index (χ3v) is 13.6. The molecule has 0 atom stereocenters. The van der Waals surface area contributed by atoms with Gasteiger partial charge in [0.25, 0.3) is 0 Å². The van der Waals surface area contributed by atoms with E-state index in [9.17, 15) is 0 Å². The summed E-state index contributed by atoms with van der Waals surface area (Å²) in [6.07, 6.45) is 0. The van der Waals surface area contributed by atoms with Gasteiger partial charge >= 0.3 is 0 Å². The molecule has 12 rings (SSSR count). The predicted molar refractivity (Wildman–Crippen MR) is 251 cm³/mol. The van der Waals surface area contributed by atoms with Crippen LogP contribution in [0.25, 0.3) is 87.1 Å². The Bertz CT molecular complexity index is 3380. The van der Waals surface area contributed by atoms with Gasteiger partial charge in [0.15, 0.2) is 5.82 Å². The average molecular weight is 781 g/mol. The molecule has 9 aromatic carbocycles. The first-order valence-corrected chi connectivity index (χ1v) is 21.3. The zero-order valence-corrected chi connectivity index (χ0v) is 33.4. The van der Waals surface area contributed by atoms with Gasteiger partial charge < -0.3 is 0 Å². The van der Waals surface area contributed by atoms with Crippen molar-refractivity contribution in [1.82, 2.24) is 9.97 Å². The number of aromatic nitrogens is 2. The molecule has 0 fully saturated rings. The summed E-state index contributed by atoms with van der Waals surface area (Å²) in [4.78, 5) is 10.8. The Morgan fingerprint density at radius 2 is 0.900 bits per heavy atom. The number of hydrogen-bond acceptors (Lipinski definition) is 3. The maximum atomic E-state index is 5.42. The van der Waals surface area contributed by atoms with Crippen molar-refractivity contribution < 1.29 is 0 Å². The molecule has 1 aliphatic rings. The zero-order chi connectivity index (χ0) is 39.6. The highest BCUT2D eigenvalue weighted by atomic mass is 32.1. The van der Waals surface area contributed by atoms with Crippen LogP contribution >= 0.6 is 11.3 Å². The van der Waals surface area contributed by atoms with Gasteiger partial charge in [-0.25, -0.2) is 9.97 Å². The molecule has 0 saturated carbocycles. The lowest BCUT2D eigenvalue weighted by Crippen LogP contribution is -2.28. The van der Waals surface area contributed by atoms with Crippen molar-refractivity contribution >= 4 is 42.3 Å². The topological polar surface area (TPSA) is 25.8 Å². The molecule has 60 heavy (non-hydrogen) atoms. The molecular weight excluding hydrogens is 745 g/mol. The Morgan fingerprint density at radius 3 is 1.70 bits per heavy atom. The summed E-state index contributed by atoms with van der Waals surface area (Å²) < 4.78 is 2.63. The van der Waals surface area contributed by atoms with Crippen molar-refractivity contribution in [3.8, 4) is 56.2 Å². The van der Waals surface area contributed by atoms with Crippen LogP contribution in [0.5, 0.6) is 0 Å². The molecule has 0 N–H and O–H groups in total. The second-order valence-corrected chi connectivity index (χ2v) is 16.7. The summed E-state index contributed by atoms with van der Waals surface area (Å²) in [5.41, 5.74) is 14.3. The van der Waals surface area contributed by atoms with Crippen molar-refractivity contribution in [3.05, 3.63) is 241 Å². The van der Waals surface area contributed by atoms with Gasteiger partial charge in [-0.05, 0) is 85.6 Å². The van der Waals surface area contributed by atoms with Crippen LogP contribution < -0.4 is 0 Å². The zero-order valence-electron chi connectivity index (χ0n) is 32.6. The third kappa shape index (κ3) is 5.40. The number of nitrogens with zero attached hydrogens (tertiary/aromatic N) is 2. The van der Waals surface area contributed by atoms with Crippen LogP contribution in [0.3, 0.4) is 0 Å². The fourth-order valence-electron chi connectivity index (χ4n) is 9.63. The number of thiophene rings is 1. The van der Waals surface area contributed by atoms with E-state index < -0.39 is 5.41 Å². The number of hydrogen-bond donors (Lipinski definition) is 0. The molecule has 280 valence electrons. The normalized spacial score (nSPS) is 12.8. The molecule has 0 aliphatic heterocycles. The van der Waals surface area contributed by atoms with E-state index in [0.29, 0.717) is 5.82 Å². The molecule has 2 aromatic heterocycles. The summed E-state index contributed by atoms with van der Waals surface area (Å²) in [7, 11) is 0. The van der Waals surface area contributed by atoms with Crippen molar-refractivity contribution in [1.29, 1.82) is 0 Å². The van der Waals surface area contributed by atoms with Crippen LogP contribution in [0.1, 0.15) is 22.3 Å². The molecule has 0 amide bonds. The molecule has 2 nitrogen and oxygen atoms in total. The third-order valence-electron chi connectivity index (χ3n) is 12.4. The van der Waals surface area contributed by atoms with Gasteiger partial charge in [0.05, 0.1) is 16.8 Å². The maximum absolute atomic E-state index is 5.42. The summed E-state index contributed by atoms with van der Waals surface area (Å²) in [5, 5.41) is 4.91. The van der Waals surface area contributed by atoms with E-state index in [1.165, 1.54) is 64.7 Å². The lowest BCUT2D eigenvalue weighted by atomic mass is 9.67. The molecule has 11 aromatic rings. The summed E-state index contributed by atoms with van der Waals surface area (Å²) in [5.74, 6) is 0.708. The van der Waals surface area contributed by atoms with Crippen LogP contribution in [0, 0.1) is 0 Å². The van der Waals surface area contributed by atoms with Crippen molar-refractivity contribution in [2.75, 3.05) is 0 Å². The van der Waals surface area contributed by atoms with Gasteiger partial charge in [-0.2, -0.15) is 0 Å². The van der Waals surface area contributed by atoms with E-state index in [0.717, 1.165) is 38.9 Å². The van der Waals surface area contributed by atoms with Crippen LogP contribution in [-0.2, 0) is 5.41 Å². The molecule has 0 spiro atoms. The predicted octanol–water partition coefficient (Wildman–Crippen LogP) is 15.0. The molecule has 3 heteroatoms. The molecule has 0 bridgehead atoms. The Morgan fingerprint density at radius 1 is 0.333 bits per heavy atom. The minimum Gasteiger partial charge on any atom is -0.228 e. The van der Waals surface area contributed by atoms with Crippen molar-refractivity contribution in [2.45, 2.75) is 5.41 Å². The van der Waals surface area contributed by atoms with Crippen LogP contribution in [0.2, 0.25) is 0 Å². The fourth-order valence-corrected chi connectivity index (χ4v) is 10.7. The molecule has 0 radical (unpaired) electrons. The highest BCUT2D eigenvalue weighted by Crippen LogP contribution is 2.56. The first-order chi connectivity index (χ1) is 29.7. The fraction of sp³-hybridized carbons (Fsp3) is 0.0175. The summed E-state index contributed by atoms with van der Waals surface area (Å²) in [6.45, 7) is 0. The van der Waals surface area contributed by atoms with Crippen LogP contribution in [0.15, 0.2) is 218 Å². The van der Waals surface area contributed by atoms with Crippen LogP contribution in [0.4, 0.5) is 0 Å². The minimum absolute atomic E-state index is 0.507. The summed E-state index contributed by atoms with van der Waals surface area (Å²) in [6, 6.07) is 79.3. The molecule has 2 heterocycles. The second-order valence-electron chi connectivity index (χ2n) is 15.7. The summed E-state index contributed by atoms with van der Waals surface area (Å²) >= 11 is 1.85. The monoisotopic (exact) mass is 780 g/mol. The Balaban J connectivity index is 1.04. The smallest absolute Gasteiger partial charge is 0.161 e. The second kappa shape index (κ2) is 13.8. The van der Waals surface area contributed by atoms with E-state index >= 15 is 0 Å². The lowest BCUT2D eigenvalue weighted by Gasteiger charge is -2.34. The average Bonchev–Trinajstić information content (AvgIpc) is 3.85. The van der Waals surface area contributed by atoms with E-state index in [2.05, 4.69) is 218 Å². The first kappa shape index (κ1) is 34.6. The van der Waals surface area contributed by atoms with E-state index in [1.54, 1.807) is 0 Å². The van der Waals surface area contributed by atoms with Crippen molar-refractivity contribution in [3.63, 3.8) is 0 Å². The number of rotatable bonds is 6. The van der Waals surface area contributed by atoms with Crippen LogP contribution in [-0.4, -0.2) is 9.97 Å².